The number of para-hydroxylation sites is 1. The molecule has 16 heavy (non-hydrogen) atoms. The van der Waals surface area contributed by atoms with Gasteiger partial charge in [0.15, 0.2) is 0 Å². The summed E-state index contributed by atoms with van der Waals surface area (Å²) in [4.78, 5) is 0. The average molecular weight is 232 g/mol. The van der Waals surface area contributed by atoms with Crippen LogP contribution >= 0.6 is 11.8 Å². The first-order valence-corrected chi connectivity index (χ1v) is 5.91. The van der Waals surface area contributed by atoms with Crippen molar-refractivity contribution in [2.24, 2.45) is 5.73 Å². The zero-order valence-corrected chi connectivity index (χ0v) is 9.54. The summed E-state index contributed by atoms with van der Waals surface area (Å²) < 4.78 is 5.62. The number of allylic oxidation sites excluding steroid dienone is 1. The summed E-state index contributed by atoms with van der Waals surface area (Å²) in [5, 5.41) is 9.70. The molecule has 0 spiro atoms. The Kier molecular flexibility index (Phi) is 3.37. The maximum Gasteiger partial charge on any atom is 0.119 e. The van der Waals surface area contributed by atoms with Crippen molar-refractivity contribution in [2.45, 2.75) is 11.7 Å². The molecule has 1 aliphatic rings. The summed E-state index contributed by atoms with van der Waals surface area (Å²) in [7, 11) is 0. The molecule has 1 atom stereocenters. The molecule has 2 rings (SSSR count). The second-order valence-electron chi connectivity index (χ2n) is 3.52. The van der Waals surface area contributed by atoms with Crippen molar-refractivity contribution in [1.29, 1.82) is 5.26 Å². The summed E-state index contributed by atoms with van der Waals surface area (Å²) in [6.45, 7) is 0.584. The fourth-order valence-electron chi connectivity index (χ4n) is 1.52. The molecule has 1 aliphatic heterocycles. The van der Waals surface area contributed by atoms with Crippen molar-refractivity contribution < 1.29 is 4.74 Å². The van der Waals surface area contributed by atoms with Crippen LogP contribution in [0.4, 0.5) is 0 Å². The van der Waals surface area contributed by atoms with Gasteiger partial charge in [0, 0.05) is 11.7 Å². The minimum Gasteiger partial charge on any atom is -0.492 e. The van der Waals surface area contributed by atoms with E-state index in [1.807, 2.05) is 30.3 Å². The molecule has 2 N–H and O–H groups in total. The third kappa shape index (κ3) is 2.50. The Morgan fingerprint density at radius 2 is 2.19 bits per heavy atom. The molecule has 0 saturated carbocycles. The summed E-state index contributed by atoms with van der Waals surface area (Å²) in [5.41, 5.74) is 6.40. The number of hydrogen-bond acceptors (Lipinski definition) is 4. The topological polar surface area (TPSA) is 59.0 Å². The number of hydrogen-bond donors (Lipinski definition) is 1. The van der Waals surface area contributed by atoms with Crippen LogP contribution < -0.4 is 10.5 Å². The fraction of sp³-hybridized carbons (Fsp3) is 0.250. The van der Waals surface area contributed by atoms with Crippen LogP contribution in [0.1, 0.15) is 6.42 Å². The van der Waals surface area contributed by atoms with Gasteiger partial charge in [-0.05, 0) is 12.1 Å². The molecule has 82 valence electrons. The van der Waals surface area contributed by atoms with Crippen LogP contribution in [0.15, 0.2) is 40.9 Å². The highest BCUT2D eigenvalue weighted by Gasteiger charge is 2.23. The lowest BCUT2D eigenvalue weighted by atomic mass is 10.2. The Balaban J connectivity index is 1.85. The first-order chi connectivity index (χ1) is 7.79. The molecule has 0 amide bonds. The van der Waals surface area contributed by atoms with Crippen LogP contribution in [-0.4, -0.2) is 11.9 Å². The number of nitrogens with zero attached hydrogens (tertiary/aromatic N) is 1. The van der Waals surface area contributed by atoms with Crippen LogP contribution in [0.3, 0.4) is 0 Å². The minimum absolute atomic E-state index is 0.259. The van der Waals surface area contributed by atoms with Gasteiger partial charge in [-0.15, -0.1) is 11.8 Å². The molecule has 4 heteroatoms. The van der Waals surface area contributed by atoms with Gasteiger partial charge in [0.05, 0.1) is 16.7 Å². The molecule has 1 aromatic rings. The van der Waals surface area contributed by atoms with Crippen molar-refractivity contribution in [3.05, 3.63) is 40.9 Å². The SMILES string of the molecule is N#CC1=C(N)SC(COc2ccccc2)C1. The van der Waals surface area contributed by atoms with Crippen molar-refractivity contribution in [1.82, 2.24) is 0 Å². The smallest absolute Gasteiger partial charge is 0.119 e. The van der Waals surface area contributed by atoms with E-state index >= 15 is 0 Å². The molecule has 0 radical (unpaired) electrons. The molecule has 0 aromatic heterocycles. The Labute approximate surface area is 98.9 Å². The molecular weight excluding hydrogens is 220 g/mol. The second-order valence-corrected chi connectivity index (χ2v) is 4.86. The Morgan fingerprint density at radius 1 is 1.44 bits per heavy atom. The van der Waals surface area contributed by atoms with E-state index in [1.165, 1.54) is 11.8 Å². The lowest BCUT2D eigenvalue weighted by Crippen LogP contribution is -2.12. The predicted octanol–water partition coefficient (Wildman–Crippen LogP) is 2.26. The molecule has 1 unspecified atom stereocenters. The predicted molar refractivity (Wildman–Crippen MR) is 64.8 cm³/mol. The van der Waals surface area contributed by atoms with E-state index in [9.17, 15) is 0 Å². The summed E-state index contributed by atoms with van der Waals surface area (Å²) in [5.74, 6) is 0.854. The van der Waals surface area contributed by atoms with E-state index in [0.717, 1.165) is 5.75 Å². The molecule has 0 bridgehead atoms. The minimum atomic E-state index is 0.259. The van der Waals surface area contributed by atoms with Gasteiger partial charge in [-0.1, -0.05) is 18.2 Å². The first-order valence-electron chi connectivity index (χ1n) is 5.03. The highest BCUT2D eigenvalue weighted by molar-refractivity contribution is 8.03. The van der Waals surface area contributed by atoms with Gasteiger partial charge in [0.2, 0.25) is 0 Å². The molecule has 1 heterocycles. The van der Waals surface area contributed by atoms with E-state index < -0.39 is 0 Å². The van der Waals surface area contributed by atoms with E-state index in [2.05, 4.69) is 6.07 Å². The highest BCUT2D eigenvalue weighted by atomic mass is 32.2. The highest BCUT2D eigenvalue weighted by Crippen LogP contribution is 2.34. The van der Waals surface area contributed by atoms with Gasteiger partial charge in [0.1, 0.15) is 12.4 Å². The number of ether oxygens (including phenoxy) is 1. The third-order valence-corrected chi connectivity index (χ3v) is 3.47. The van der Waals surface area contributed by atoms with Gasteiger partial charge in [-0.3, -0.25) is 0 Å². The zero-order valence-electron chi connectivity index (χ0n) is 8.72. The van der Waals surface area contributed by atoms with Gasteiger partial charge in [-0.2, -0.15) is 5.26 Å². The van der Waals surface area contributed by atoms with Crippen LogP contribution in [0.2, 0.25) is 0 Å². The number of nitriles is 1. The fourth-order valence-corrected chi connectivity index (χ4v) is 2.54. The summed E-state index contributed by atoms with van der Waals surface area (Å²) in [6.07, 6.45) is 0.708. The lowest BCUT2D eigenvalue weighted by molar-refractivity contribution is 0.318. The standard InChI is InChI=1S/C12H12N2OS/c13-7-9-6-11(16-12(9)14)8-15-10-4-2-1-3-5-10/h1-5,11H,6,8,14H2. The molecular formula is C12H12N2OS. The normalized spacial score (nSPS) is 19.6. The van der Waals surface area contributed by atoms with E-state index in [1.54, 1.807) is 0 Å². The quantitative estimate of drug-likeness (QED) is 0.868. The van der Waals surface area contributed by atoms with Gasteiger partial charge in [0.25, 0.3) is 0 Å². The largest absolute Gasteiger partial charge is 0.492 e. The number of rotatable bonds is 3. The second kappa shape index (κ2) is 4.95. The molecule has 3 nitrogen and oxygen atoms in total. The molecule has 0 aliphatic carbocycles. The van der Waals surface area contributed by atoms with E-state index in [4.69, 9.17) is 15.7 Å². The van der Waals surface area contributed by atoms with Crippen molar-refractivity contribution in [2.75, 3.05) is 6.61 Å². The van der Waals surface area contributed by atoms with Gasteiger partial charge >= 0.3 is 0 Å². The average Bonchev–Trinajstić information content (AvgIpc) is 2.69. The van der Waals surface area contributed by atoms with E-state index in [0.29, 0.717) is 23.6 Å². The molecule has 0 fully saturated rings. The van der Waals surface area contributed by atoms with E-state index in [-0.39, 0.29) is 5.25 Å². The number of benzene rings is 1. The number of thioether (sulfide) groups is 1. The van der Waals surface area contributed by atoms with Crippen molar-refractivity contribution in [3.8, 4) is 11.8 Å². The Morgan fingerprint density at radius 3 is 2.81 bits per heavy atom. The zero-order chi connectivity index (χ0) is 11.4. The summed E-state index contributed by atoms with van der Waals surface area (Å²) >= 11 is 1.53. The van der Waals surface area contributed by atoms with Gasteiger partial charge < -0.3 is 10.5 Å². The van der Waals surface area contributed by atoms with Gasteiger partial charge in [-0.25, -0.2) is 0 Å². The number of nitrogens with two attached hydrogens (primary N) is 1. The van der Waals surface area contributed by atoms with Crippen LogP contribution in [0.25, 0.3) is 0 Å². The lowest BCUT2D eigenvalue weighted by Gasteiger charge is -2.10. The molecule has 0 saturated heterocycles. The molecule has 1 aromatic carbocycles. The monoisotopic (exact) mass is 232 g/mol. The third-order valence-electron chi connectivity index (χ3n) is 2.34. The maximum absolute atomic E-state index is 8.80. The maximum atomic E-state index is 8.80. The first kappa shape index (κ1) is 10.9. The van der Waals surface area contributed by atoms with Crippen LogP contribution in [0, 0.1) is 11.3 Å². The van der Waals surface area contributed by atoms with Crippen LogP contribution in [0.5, 0.6) is 5.75 Å². The summed E-state index contributed by atoms with van der Waals surface area (Å²) in [6, 6.07) is 11.8. The van der Waals surface area contributed by atoms with Crippen LogP contribution in [-0.2, 0) is 0 Å². The Hall–Kier alpha value is -1.60. The Bertz CT molecular complexity index is 436. The van der Waals surface area contributed by atoms with Crippen molar-refractivity contribution >= 4 is 11.8 Å². The van der Waals surface area contributed by atoms with Crippen molar-refractivity contribution in [3.63, 3.8) is 0 Å².